The molecule has 1 aromatic heterocycles. The summed E-state index contributed by atoms with van der Waals surface area (Å²) in [6.45, 7) is 5.92. The molecule has 4 rings (SSSR count). The number of rotatable bonds is 5. The fraction of sp³-hybridized carbons (Fsp3) is 0.524. The number of fused-ring (bicyclic) bond motifs is 1. The molecule has 2 aliphatic rings. The third-order valence-electron chi connectivity index (χ3n) is 5.92. The van der Waals surface area contributed by atoms with E-state index in [1.165, 1.54) is 23.3 Å². The Morgan fingerprint density at radius 3 is 2.89 bits per heavy atom. The van der Waals surface area contributed by atoms with Crippen molar-refractivity contribution in [3.63, 3.8) is 0 Å². The molecule has 2 aromatic rings. The summed E-state index contributed by atoms with van der Waals surface area (Å²) >= 11 is 7.81. The van der Waals surface area contributed by atoms with Gasteiger partial charge in [-0.2, -0.15) is 0 Å². The number of hydrogen-bond acceptors (Lipinski definition) is 4. The summed E-state index contributed by atoms with van der Waals surface area (Å²) in [6.07, 6.45) is 5.18. The van der Waals surface area contributed by atoms with Crippen LogP contribution in [-0.4, -0.2) is 72.0 Å². The zero-order chi connectivity index (χ0) is 19.5. The van der Waals surface area contributed by atoms with E-state index in [0.29, 0.717) is 29.0 Å². The average molecular weight is 464 g/mol. The second kappa shape index (κ2) is 9.13. The normalized spacial score (nSPS) is 21.3. The molecule has 2 aliphatic heterocycles. The van der Waals surface area contributed by atoms with Crippen molar-refractivity contribution in [3.05, 3.63) is 35.0 Å². The zero-order valence-corrected chi connectivity index (χ0v) is 19.2. The molecule has 1 N–H and O–H groups in total. The van der Waals surface area contributed by atoms with E-state index in [4.69, 9.17) is 16.3 Å². The molecule has 0 bridgehead atoms. The van der Waals surface area contributed by atoms with Crippen LogP contribution in [0.2, 0.25) is 5.02 Å². The van der Waals surface area contributed by atoms with Crippen molar-refractivity contribution in [2.24, 2.45) is 11.8 Å². The topological polar surface area (TPSA) is 54.5 Å². The Kier molecular flexibility index (Phi) is 6.57. The molecule has 28 heavy (non-hydrogen) atoms. The number of pyridine rings is 1. The molecular formula is C21H27AsClN3O2. The first kappa shape index (κ1) is 20.2. The standard InChI is InChI=1S/C21H27AsClN3O2/c22-19-16-2-1-6-24-20(16)17(10-18(19)23)21(27)25-11-14-3-7-26(8-4-14)12-15-5-9-28-13-15/h1-2,6,10,14-15H,3-5,7-9,11-13,22H2,(H,25,27). The van der Waals surface area contributed by atoms with E-state index in [-0.39, 0.29) is 5.91 Å². The second-order valence-electron chi connectivity index (χ2n) is 7.90. The Balaban J connectivity index is 1.33. The maximum atomic E-state index is 12.8. The van der Waals surface area contributed by atoms with Crippen LogP contribution in [-0.2, 0) is 4.74 Å². The quantitative estimate of drug-likeness (QED) is 0.685. The summed E-state index contributed by atoms with van der Waals surface area (Å²) in [6, 6.07) is 5.62. The number of nitrogens with zero attached hydrogens (tertiary/aromatic N) is 2. The average Bonchev–Trinajstić information content (AvgIpc) is 3.23. The summed E-state index contributed by atoms with van der Waals surface area (Å²) in [7, 11) is 0. The number of hydrogen-bond donors (Lipinski definition) is 1. The van der Waals surface area contributed by atoms with Crippen LogP contribution in [0.3, 0.4) is 0 Å². The van der Waals surface area contributed by atoms with Crippen molar-refractivity contribution in [3.8, 4) is 0 Å². The molecule has 2 unspecified atom stereocenters. The SMILES string of the molecule is O=C(NCC1CCN(CC2CCOC2)CC1)c1cc(Cl)c([AsH2])c2cccnc12. The van der Waals surface area contributed by atoms with Gasteiger partial charge in [-0.25, -0.2) is 0 Å². The van der Waals surface area contributed by atoms with Crippen molar-refractivity contribution >= 4 is 49.6 Å². The van der Waals surface area contributed by atoms with Crippen LogP contribution in [0.25, 0.3) is 10.9 Å². The number of nitrogens with one attached hydrogen (secondary N) is 1. The number of piperidine rings is 1. The van der Waals surface area contributed by atoms with E-state index in [1.807, 2.05) is 12.1 Å². The van der Waals surface area contributed by atoms with Crippen LogP contribution in [0, 0.1) is 11.8 Å². The molecule has 0 spiro atoms. The Morgan fingerprint density at radius 1 is 1.32 bits per heavy atom. The molecule has 2 saturated heterocycles. The molecule has 0 aliphatic carbocycles. The number of likely N-dealkylation sites (tertiary alicyclic amines) is 1. The molecule has 2 fully saturated rings. The van der Waals surface area contributed by atoms with Crippen LogP contribution in [0.4, 0.5) is 0 Å². The summed E-state index contributed by atoms with van der Waals surface area (Å²) in [5, 5.41) is 4.72. The van der Waals surface area contributed by atoms with Crippen molar-refractivity contribution in [1.82, 2.24) is 15.2 Å². The minimum absolute atomic E-state index is 0.0800. The van der Waals surface area contributed by atoms with Crippen molar-refractivity contribution in [1.29, 1.82) is 0 Å². The molecule has 7 heteroatoms. The summed E-state index contributed by atoms with van der Waals surface area (Å²) in [5.74, 6) is 1.15. The van der Waals surface area contributed by atoms with Gasteiger partial charge in [-0.05, 0) is 12.3 Å². The number of carbonyl (C=O) groups is 1. The third kappa shape index (κ3) is 4.54. The molecule has 5 nitrogen and oxygen atoms in total. The van der Waals surface area contributed by atoms with Gasteiger partial charge in [-0.15, -0.1) is 0 Å². The van der Waals surface area contributed by atoms with E-state index in [9.17, 15) is 4.79 Å². The van der Waals surface area contributed by atoms with Crippen molar-refractivity contribution in [2.75, 3.05) is 39.4 Å². The van der Waals surface area contributed by atoms with Crippen LogP contribution >= 0.6 is 11.6 Å². The Morgan fingerprint density at radius 2 is 2.14 bits per heavy atom. The van der Waals surface area contributed by atoms with Gasteiger partial charge >= 0.3 is 150 Å². The molecule has 1 amide bonds. The van der Waals surface area contributed by atoms with Crippen LogP contribution in [0.15, 0.2) is 24.4 Å². The monoisotopic (exact) mass is 463 g/mol. The van der Waals surface area contributed by atoms with Crippen LogP contribution < -0.4 is 9.67 Å². The van der Waals surface area contributed by atoms with Gasteiger partial charge in [0, 0.05) is 6.61 Å². The van der Waals surface area contributed by atoms with Gasteiger partial charge in [-0.3, -0.25) is 0 Å². The number of aromatic nitrogens is 1. The predicted octanol–water partition coefficient (Wildman–Crippen LogP) is 1.62. The molecular weight excluding hydrogens is 437 g/mol. The number of ether oxygens (including phenoxy) is 1. The van der Waals surface area contributed by atoms with Crippen LogP contribution in [0.5, 0.6) is 0 Å². The summed E-state index contributed by atoms with van der Waals surface area (Å²) in [5.41, 5.74) is 1.30. The molecule has 0 saturated carbocycles. The fourth-order valence-electron chi connectivity index (χ4n) is 4.21. The summed E-state index contributed by atoms with van der Waals surface area (Å²) < 4.78 is 6.51. The van der Waals surface area contributed by atoms with E-state index < -0.39 is 0 Å². The Hall–Kier alpha value is -1.13. The zero-order valence-electron chi connectivity index (χ0n) is 16.0. The van der Waals surface area contributed by atoms with Crippen molar-refractivity contribution in [2.45, 2.75) is 19.3 Å². The first-order valence-corrected chi connectivity index (χ1v) is 11.6. The van der Waals surface area contributed by atoms with Gasteiger partial charge in [0.25, 0.3) is 0 Å². The van der Waals surface area contributed by atoms with E-state index in [0.717, 1.165) is 60.9 Å². The van der Waals surface area contributed by atoms with Gasteiger partial charge in [-0.1, -0.05) is 0 Å². The number of carbonyl (C=O) groups excluding carboxylic acids is 1. The molecule has 2 atom stereocenters. The van der Waals surface area contributed by atoms with Gasteiger partial charge in [0.1, 0.15) is 0 Å². The summed E-state index contributed by atoms with van der Waals surface area (Å²) in [4.78, 5) is 19.8. The van der Waals surface area contributed by atoms with E-state index >= 15 is 0 Å². The number of benzene rings is 1. The van der Waals surface area contributed by atoms with Crippen LogP contribution in [0.1, 0.15) is 29.6 Å². The van der Waals surface area contributed by atoms with Crippen molar-refractivity contribution < 1.29 is 9.53 Å². The van der Waals surface area contributed by atoms with Gasteiger partial charge in [0.15, 0.2) is 0 Å². The molecule has 1 aromatic carbocycles. The van der Waals surface area contributed by atoms with Gasteiger partial charge < -0.3 is 4.74 Å². The number of amides is 1. The Labute approximate surface area is 179 Å². The third-order valence-corrected chi connectivity index (χ3v) is 7.93. The molecule has 0 radical (unpaired) electrons. The molecule has 3 heterocycles. The second-order valence-corrected chi connectivity index (χ2v) is 9.52. The first-order chi connectivity index (χ1) is 13.6. The first-order valence-electron chi connectivity index (χ1n) is 10.0. The van der Waals surface area contributed by atoms with E-state index in [1.54, 1.807) is 12.3 Å². The Bertz CT molecular complexity index is 849. The molecule has 150 valence electrons. The fourth-order valence-corrected chi connectivity index (χ4v) is 5.08. The number of halogens is 1. The minimum atomic E-state index is -0.0800. The van der Waals surface area contributed by atoms with Gasteiger partial charge in [0.2, 0.25) is 0 Å². The maximum absolute atomic E-state index is 12.8. The predicted molar refractivity (Wildman–Crippen MR) is 115 cm³/mol. The van der Waals surface area contributed by atoms with Gasteiger partial charge in [0.05, 0.1) is 6.61 Å². The van der Waals surface area contributed by atoms with E-state index in [2.05, 4.69) is 15.2 Å².